The summed E-state index contributed by atoms with van der Waals surface area (Å²) in [6, 6.07) is 42.8. The van der Waals surface area contributed by atoms with E-state index in [0.29, 0.717) is 4.48 Å². The standard InChI is InChI=1S/C24H20N.C4HF9O3S/c1-5-13-21(14-6-1)25(22-15-7-2-8-16-22,23-17-9-3-10-18-23)24-19-11-4-12-20-24;5-1(6,3(9,10)11)2(7,8)4(12,13)17(14,15)16/h1-20H;(H,14,15,16)/q+1;. The van der Waals surface area contributed by atoms with E-state index in [2.05, 4.69) is 121 Å². The van der Waals surface area contributed by atoms with Gasteiger partial charge in [-0.2, -0.15) is 52.4 Å². The Labute approximate surface area is 234 Å². The molecular formula is C28H21F9NO3S+. The molecule has 0 bridgehead atoms. The van der Waals surface area contributed by atoms with Gasteiger partial charge in [-0.3, -0.25) is 4.55 Å². The number of quaternary nitrogens is 1. The molecule has 0 saturated heterocycles. The Balaban J connectivity index is 0.000000252. The highest BCUT2D eigenvalue weighted by atomic mass is 32.2. The Kier molecular flexibility index (Phi) is 9.15. The largest absolute Gasteiger partial charge is 0.460 e. The lowest BCUT2D eigenvalue weighted by Crippen LogP contribution is -2.63. The van der Waals surface area contributed by atoms with Crippen LogP contribution < -0.4 is 4.48 Å². The van der Waals surface area contributed by atoms with Crippen molar-refractivity contribution in [2.24, 2.45) is 0 Å². The summed E-state index contributed by atoms with van der Waals surface area (Å²) in [6.45, 7) is 0. The van der Waals surface area contributed by atoms with E-state index >= 15 is 0 Å². The van der Waals surface area contributed by atoms with Crippen molar-refractivity contribution in [1.82, 2.24) is 4.48 Å². The highest BCUT2D eigenvalue weighted by Crippen LogP contribution is 2.54. The third kappa shape index (κ3) is 5.74. The average Bonchev–Trinajstić information content (AvgIpc) is 2.95. The minimum Gasteiger partial charge on any atom is -0.281 e. The Morgan fingerprint density at radius 2 is 0.690 bits per heavy atom. The van der Waals surface area contributed by atoms with Gasteiger partial charge in [-0.05, 0) is 0 Å². The number of halogens is 9. The Bertz CT molecular complexity index is 1390. The quantitative estimate of drug-likeness (QED) is 0.127. The lowest BCUT2D eigenvalue weighted by atomic mass is 10.1. The van der Waals surface area contributed by atoms with Crippen LogP contribution in [0, 0.1) is 0 Å². The van der Waals surface area contributed by atoms with Crippen LogP contribution in [0.3, 0.4) is 0 Å². The van der Waals surface area contributed by atoms with Crippen LogP contribution in [0.4, 0.5) is 62.3 Å². The molecule has 0 amide bonds. The number of hydrogen-bond acceptors (Lipinski definition) is 2. The van der Waals surface area contributed by atoms with Crippen LogP contribution >= 0.6 is 0 Å². The second-order valence-corrected chi connectivity index (χ2v) is 10.1. The third-order valence-electron chi connectivity index (χ3n) is 6.01. The lowest BCUT2D eigenvalue weighted by molar-refractivity contribution is -0.382. The summed E-state index contributed by atoms with van der Waals surface area (Å²) in [5.74, 6) is -14.7. The van der Waals surface area contributed by atoms with Gasteiger partial charge < -0.3 is 0 Å². The van der Waals surface area contributed by atoms with Crippen LogP contribution in [-0.4, -0.2) is 36.2 Å². The summed E-state index contributed by atoms with van der Waals surface area (Å²) in [4.78, 5) is 0. The molecule has 0 saturated carbocycles. The van der Waals surface area contributed by atoms with Gasteiger partial charge in [0.05, 0.1) is 0 Å². The Hall–Kier alpha value is -3.88. The molecule has 0 radical (unpaired) electrons. The summed E-state index contributed by atoms with van der Waals surface area (Å²) >= 11 is 0. The van der Waals surface area contributed by atoms with Crippen LogP contribution in [0.5, 0.6) is 0 Å². The topological polar surface area (TPSA) is 54.4 Å². The predicted octanol–water partition coefficient (Wildman–Crippen LogP) is 9.29. The summed E-state index contributed by atoms with van der Waals surface area (Å²) in [6.07, 6.45) is -7.13. The molecule has 42 heavy (non-hydrogen) atoms. The first-order valence-electron chi connectivity index (χ1n) is 11.7. The molecule has 0 aliphatic carbocycles. The molecule has 0 aromatic heterocycles. The Morgan fingerprint density at radius 1 is 0.452 bits per heavy atom. The van der Waals surface area contributed by atoms with Crippen LogP contribution in [-0.2, 0) is 10.1 Å². The Morgan fingerprint density at radius 3 is 0.881 bits per heavy atom. The van der Waals surface area contributed by atoms with Gasteiger partial charge in [-0.1, -0.05) is 72.8 Å². The van der Waals surface area contributed by atoms with E-state index in [9.17, 15) is 47.9 Å². The molecule has 14 heteroatoms. The summed E-state index contributed by atoms with van der Waals surface area (Å²) in [5.41, 5.74) is 4.86. The molecule has 4 aromatic rings. The first kappa shape index (κ1) is 32.6. The number of nitrogens with zero attached hydrogens (tertiary/aromatic N) is 1. The number of hydrogen-bond donors (Lipinski definition) is 1. The van der Waals surface area contributed by atoms with E-state index in [1.165, 1.54) is 22.7 Å². The number of alkyl halides is 9. The molecule has 4 aromatic carbocycles. The molecule has 0 unspecified atom stereocenters. The molecular weight excluding hydrogens is 601 g/mol. The van der Waals surface area contributed by atoms with Crippen molar-refractivity contribution in [1.29, 1.82) is 0 Å². The van der Waals surface area contributed by atoms with Crippen molar-refractivity contribution in [3.05, 3.63) is 121 Å². The zero-order valence-corrected chi connectivity index (χ0v) is 21.9. The van der Waals surface area contributed by atoms with E-state index in [0.717, 1.165) is 0 Å². The predicted molar refractivity (Wildman–Crippen MR) is 139 cm³/mol. The van der Waals surface area contributed by atoms with E-state index < -0.39 is 33.4 Å². The van der Waals surface area contributed by atoms with Crippen molar-refractivity contribution in [3.8, 4) is 0 Å². The molecule has 4 rings (SSSR count). The normalized spacial score (nSPS) is 13.2. The lowest BCUT2D eigenvalue weighted by Gasteiger charge is -2.37. The van der Waals surface area contributed by atoms with Crippen molar-refractivity contribution in [2.75, 3.05) is 0 Å². The first-order valence-corrected chi connectivity index (χ1v) is 13.1. The molecule has 0 aliphatic rings. The minimum absolute atomic E-state index is 0.559. The van der Waals surface area contributed by atoms with Gasteiger partial charge in [-0.15, -0.1) is 0 Å². The highest BCUT2D eigenvalue weighted by Gasteiger charge is 2.85. The van der Waals surface area contributed by atoms with E-state index in [4.69, 9.17) is 4.55 Å². The summed E-state index contributed by atoms with van der Waals surface area (Å²) in [5, 5.41) is -7.00. The maximum absolute atomic E-state index is 12.2. The zero-order valence-electron chi connectivity index (χ0n) is 21.1. The van der Waals surface area contributed by atoms with Crippen LogP contribution in [0.25, 0.3) is 0 Å². The molecule has 0 aliphatic heterocycles. The summed E-state index contributed by atoms with van der Waals surface area (Å²) in [7, 11) is -7.17. The number of benzene rings is 4. The zero-order chi connectivity index (χ0) is 31.5. The van der Waals surface area contributed by atoms with Crippen molar-refractivity contribution in [2.45, 2.75) is 23.3 Å². The van der Waals surface area contributed by atoms with E-state index in [1.54, 1.807) is 0 Å². The van der Waals surface area contributed by atoms with Gasteiger partial charge in [0.15, 0.2) is 0 Å². The second kappa shape index (κ2) is 11.8. The fourth-order valence-corrected chi connectivity index (χ4v) is 4.48. The van der Waals surface area contributed by atoms with Gasteiger partial charge in [0, 0.05) is 48.5 Å². The van der Waals surface area contributed by atoms with Gasteiger partial charge in [0.2, 0.25) is 0 Å². The van der Waals surface area contributed by atoms with Crippen LogP contribution in [0.1, 0.15) is 0 Å². The van der Waals surface area contributed by atoms with Crippen molar-refractivity contribution in [3.63, 3.8) is 0 Å². The van der Waals surface area contributed by atoms with E-state index in [-0.39, 0.29) is 0 Å². The first-order chi connectivity index (χ1) is 19.4. The van der Waals surface area contributed by atoms with E-state index in [1.807, 2.05) is 0 Å². The minimum atomic E-state index is -7.37. The third-order valence-corrected chi connectivity index (χ3v) is 6.92. The van der Waals surface area contributed by atoms with Gasteiger partial charge in [0.1, 0.15) is 22.7 Å². The smallest absolute Gasteiger partial charge is 0.281 e. The van der Waals surface area contributed by atoms with Gasteiger partial charge >= 0.3 is 33.4 Å². The highest BCUT2D eigenvalue weighted by molar-refractivity contribution is 7.87. The number of para-hydroxylation sites is 4. The second-order valence-electron chi connectivity index (χ2n) is 8.65. The molecule has 0 heterocycles. The molecule has 4 nitrogen and oxygen atoms in total. The monoisotopic (exact) mass is 622 g/mol. The van der Waals surface area contributed by atoms with Crippen molar-refractivity contribution < 1.29 is 52.5 Å². The fraction of sp³-hybridized carbons (Fsp3) is 0.143. The van der Waals surface area contributed by atoms with Gasteiger partial charge in [-0.25, -0.2) is 0 Å². The fourth-order valence-electron chi connectivity index (χ4n) is 4.02. The molecule has 0 fully saturated rings. The van der Waals surface area contributed by atoms with Crippen LogP contribution in [0.15, 0.2) is 121 Å². The maximum Gasteiger partial charge on any atom is 0.460 e. The molecule has 0 atom stereocenters. The molecule has 1 N–H and O–H groups in total. The SMILES string of the molecule is O=S(=O)(O)C(F)(F)C(F)(F)C(F)(F)C(F)(F)F.c1ccc([N+](c2ccccc2)(c2ccccc2)c2ccccc2)cc1. The summed E-state index contributed by atoms with van der Waals surface area (Å²) < 4.78 is 134. The average molecular weight is 623 g/mol. The maximum atomic E-state index is 12.2. The number of rotatable bonds is 7. The molecule has 0 spiro atoms. The van der Waals surface area contributed by atoms with Crippen molar-refractivity contribution >= 4 is 32.9 Å². The molecule has 224 valence electrons. The van der Waals surface area contributed by atoms with Crippen LogP contribution in [0.2, 0.25) is 0 Å². The van der Waals surface area contributed by atoms with Gasteiger partial charge in [0.25, 0.3) is 0 Å².